The minimum absolute atomic E-state index is 0.00554. The number of sulfone groups is 1. The monoisotopic (exact) mass is 422 g/mol. The van der Waals surface area contributed by atoms with Crippen LogP contribution in [0.5, 0.6) is 0 Å². The van der Waals surface area contributed by atoms with Crippen LogP contribution in [0, 0.1) is 10.1 Å². The molecule has 0 saturated heterocycles. The molecule has 1 unspecified atom stereocenters. The van der Waals surface area contributed by atoms with Crippen molar-refractivity contribution >= 4 is 21.2 Å². The van der Waals surface area contributed by atoms with Crippen LogP contribution >= 0.6 is 0 Å². The first-order chi connectivity index (χ1) is 13.7. The van der Waals surface area contributed by atoms with Crippen molar-refractivity contribution < 1.29 is 22.1 Å². The van der Waals surface area contributed by atoms with Gasteiger partial charge in [0.25, 0.3) is 5.69 Å². The summed E-state index contributed by atoms with van der Waals surface area (Å²) >= 11 is 0. The zero-order valence-electron chi connectivity index (χ0n) is 15.1. The zero-order chi connectivity index (χ0) is 21.2. The highest BCUT2D eigenvalue weighted by Gasteiger charge is 2.29. The summed E-state index contributed by atoms with van der Waals surface area (Å²) in [6.07, 6.45) is 3.36. The van der Waals surface area contributed by atoms with E-state index in [0.29, 0.717) is 6.07 Å². The molecule has 1 aromatic heterocycles. The summed E-state index contributed by atoms with van der Waals surface area (Å²) in [4.78, 5) is 9.78. The standard InChI is InChI=1S/C18H16F2N4O4S/c1-12(14-5-2-3-6-16(14)23-10-4-9-21-23)22-15-8-7-13(11-17(15)24(25)26)29(27,28)18(19)20/h2-12,18,22H,1H3. The molecule has 29 heavy (non-hydrogen) atoms. The van der Waals surface area contributed by atoms with Crippen LogP contribution < -0.4 is 5.32 Å². The van der Waals surface area contributed by atoms with Gasteiger partial charge in [-0.05, 0) is 36.8 Å². The van der Waals surface area contributed by atoms with Crippen LogP contribution in [0.15, 0.2) is 65.8 Å². The fourth-order valence-electron chi connectivity index (χ4n) is 2.85. The number of benzene rings is 2. The second kappa shape index (κ2) is 7.95. The summed E-state index contributed by atoms with van der Waals surface area (Å²) in [6, 6.07) is 11.2. The molecule has 0 spiro atoms. The minimum Gasteiger partial charge on any atom is -0.373 e. The molecular formula is C18H16F2N4O4S. The molecule has 152 valence electrons. The van der Waals surface area contributed by atoms with Crippen molar-refractivity contribution in [3.8, 4) is 5.69 Å². The third-order valence-corrected chi connectivity index (χ3v) is 5.64. The molecule has 0 aliphatic heterocycles. The van der Waals surface area contributed by atoms with Crippen molar-refractivity contribution in [2.45, 2.75) is 23.6 Å². The molecule has 1 heterocycles. The second-order valence-electron chi connectivity index (χ2n) is 6.12. The maximum absolute atomic E-state index is 12.8. The lowest BCUT2D eigenvalue weighted by molar-refractivity contribution is -0.384. The van der Waals surface area contributed by atoms with Gasteiger partial charge in [-0.15, -0.1) is 0 Å². The number of alkyl halides is 2. The van der Waals surface area contributed by atoms with Crippen molar-refractivity contribution in [3.63, 3.8) is 0 Å². The number of rotatable bonds is 7. The van der Waals surface area contributed by atoms with E-state index in [9.17, 15) is 27.3 Å². The van der Waals surface area contributed by atoms with Crippen molar-refractivity contribution in [2.75, 3.05) is 5.32 Å². The summed E-state index contributed by atoms with van der Waals surface area (Å²) < 4.78 is 50.4. The van der Waals surface area contributed by atoms with Crippen LogP contribution in [0.25, 0.3) is 5.69 Å². The SMILES string of the molecule is CC(Nc1ccc(S(=O)(=O)C(F)F)cc1[N+](=O)[O-])c1ccccc1-n1cccn1. The van der Waals surface area contributed by atoms with E-state index in [0.717, 1.165) is 23.4 Å². The number of hydrogen-bond acceptors (Lipinski definition) is 6. The Morgan fingerprint density at radius 2 is 1.90 bits per heavy atom. The van der Waals surface area contributed by atoms with Gasteiger partial charge in [0.15, 0.2) is 0 Å². The van der Waals surface area contributed by atoms with Crippen LogP contribution in [0.4, 0.5) is 20.2 Å². The number of hydrogen-bond donors (Lipinski definition) is 1. The van der Waals surface area contributed by atoms with Crippen LogP contribution in [0.1, 0.15) is 18.5 Å². The van der Waals surface area contributed by atoms with E-state index in [4.69, 9.17) is 0 Å². The number of nitrogens with one attached hydrogen (secondary N) is 1. The molecule has 1 atom stereocenters. The van der Waals surface area contributed by atoms with E-state index in [1.807, 2.05) is 18.2 Å². The van der Waals surface area contributed by atoms with Crippen LogP contribution in [0.2, 0.25) is 0 Å². The van der Waals surface area contributed by atoms with Crippen molar-refractivity contribution in [3.05, 3.63) is 76.6 Å². The maximum atomic E-state index is 12.8. The van der Waals surface area contributed by atoms with E-state index >= 15 is 0 Å². The Labute approximate surface area is 164 Å². The van der Waals surface area contributed by atoms with E-state index in [-0.39, 0.29) is 5.69 Å². The molecule has 0 radical (unpaired) electrons. The first-order valence-electron chi connectivity index (χ1n) is 8.38. The lowest BCUT2D eigenvalue weighted by atomic mass is 10.1. The summed E-state index contributed by atoms with van der Waals surface area (Å²) in [5, 5.41) is 18.5. The highest BCUT2D eigenvalue weighted by atomic mass is 32.2. The summed E-state index contributed by atoms with van der Waals surface area (Å²) in [5.41, 5.74) is 0.910. The number of anilines is 1. The van der Waals surface area contributed by atoms with Gasteiger partial charge in [-0.1, -0.05) is 18.2 Å². The number of nitro groups is 1. The fraction of sp³-hybridized carbons (Fsp3) is 0.167. The number of nitro benzene ring substituents is 1. The quantitative estimate of drug-likeness (QED) is 0.456. The maximum Gasteiger partial charge on any atom is 0.341 e. The Morgan fingerprint density at radius 3 is 2.52 bits per heavy atom. The van der Waals surface area contributed by atoms with Gasteiger partial charge in [-0.2, -0.15) is 13.9 Å². The van der Waals surface area contributed by atoms with E-state index in [1.165, 1.54) is 0 Å². The molecule has 0 saturated carbocycles. The molecule has 0 amide bonds. The summed E-state index contributed by atoms with van der Waals surface area (Å²) in [6.45, 7) is 1.76. The average molecular weight is 422 g/mol. The largest absolute Gasteiger partial charge is 0.373 e. The first kappa shape index (κ1) is 20.4. The number of aromatic nitrogens is 2. The van der Waals surface area contributed by atoms with Gasteiger partial charge in [0, 0.05) is 18.5 Å². The van der Waals surface area contributed by atoms with E-state index in [2.05, 4.69) is 10.4 Å². The number of halogens is 2. The summed E-state index contributed by atoms with van der Waals surface area (Å²) in [7, 11) is -4.94. The Morgan fingerprint density at radius 1 is 1.17 bits per heavy atom. The van der Waals surface area contributed by atoms with E-state index in [1.54, 1.807) is 36.1 Å². The van der Waals surface area contributed by atoms with Crippen molar-refractivity contribution in [1.82, 2.24) is 9.78 Å². The number of nitrogens with zero attached hydrogens (tertiary/aromatic N) is 3. The lowest BCUT2D eigenvalue weighted by Crippen LogP contribution is -2.14. The molecule has 0 aliphatic rings. The topological polar surface area (TPSA) is 107 Å². The Balaban J connectivity index is 1.98. The Hall–Kier alpha value is -3.34. The van der Waals surface area contributed by atoms with E-state index < -0.39 is 37.1 Å². The third kappa shape index (κ3) is 4.09. The predicted molar refractivity (Wildman–Crippen MR) is 102 cm³/mol. The van der Waals surface area contributed by atoms with Gasteiger partial charge in [0.2, 0.25) is 9.84 Å². The second-order valence-corrected chi connectivity index (χ2v) is 8.03. The Kier molecular flexibility index (Phi) is 5.59. The molecule has 2 aromatic carbocycles. The minimum atomic E-state index is -4.94. The van der Waals surface area contributed by atoms with Crippen LogP contribution in [-0.2, 0) is 9.84 Å². The molecule has 3 aromatic rings. The highest BCUT2D eigenvalue weighted by Crippen LogP contribution is 2.33. The smallest absolute Gasteiger partial charge is 0.341 e. The third-order valence-electron chi connectivity index (χ3n) is 4.26. The molecule has 8 nitrogen and oxygen atoms in total. The Bertz CT molecular complexity index is 1130. The van der Waals surface area contributed by atoms with Crippen LogP contribution in [-0.4, -0.2) is 28.9 Å². The van der Waals surface area contributed by atoms with Gasteiger partial charge in [0.05, 0.1) is 21.5 Å². The molecular weight excluding hydrogens is 406 g/mol. The molecule has 0 fully saturated rings. The number of para-hydroxylation sites is 1. The zero-order valence-corrected chi connectivity index (χ0v) is 15.9. The highest BCUT2D eigenvalue weighted by molar-refractivity contribution is 7.91. The molecule has 0 aliphatic carbocycles. The van der Waals surface area contributed by atoms with Gasteiger partial charge >= 0.3 is 5.76 Å². The molecule has 11 heteroatoms. The predicted octanol–water partition coefficient (Wildman–Crippen LogP) is 3.95. The van der Waals surface area contributed by atoms with Crippen LogP contribution in [0.3, 0.4) is 0 Å². The van der Waals surface area contributed by atoms with Gasteiger partial charge < -0.3 is 5.32 Å². The van der Waals surface area contributed by atoms with Gasteiger partial charge in [-0.25, -0.2) is 13.1 Å². The molecule has 3 rings (SSSR count). The van der Waals surface area contributed by atoms with Crippen molar-refractivity contribution in [1.29, 1.82) is 0 Å². The normalized spacial score (nSPS) is 12.7. The molecule has 0 bridgehead atoms. The summed E-state index contributed by atoms with van der Waals surface area (Å²) in [5.74, 6) is -3.67. The lowest BCUT2D eigenvalue weighted by Gasteiger charge is -2.19. The molecule has 1 N–H and O–H groups in total. The fourth-order valence-corrected chi connectivity index (χ4v) is 3.59. The van der Waals surface area contributed by atoms with Gasteiger partial charge in [0.1, 0.15) is 5.69 Å². The van der Waals surface area contributed by atoms with Gasteiger partial charge in [-0.3, -0.25) is 10.1 Å². The average Bonchev–Trinajstić information content (AvgIpc) is 3.22. The van der Waals surface area contributed by atoms with Crippen molar-refractivity contribution in [2.24, 2.45) is 0 Å². The first-order valence-corrected chi connectivity index (χ1v) is 9.92.